The zero-order valence-electron chi connectivity index (χ0n) is 17.7. The Morgan fingerprint density at radius 2 is 1.36 bits per heavy atom. The first-order valence-electron chi connectivity index (χ1n) is 11.4. The highest BCUT2D eigenvalue weighted by Crippen LogP contribution is 2.19. The molecule has 0 aromatic rings. The minimum Gasteiger partial charge on any atom is -0.479 e. The van der Waals surface area contributed by atoms with Crippen molar-refractivity contribution in [3.8, 4) is 0 Å². The zero-order valence-corrected chi connectivity index (χ0v) is 18.5. The molecule has 6 heteroatoms. The van der Waals surface area contributed by atoms with Crippen molar-refractivity contribution in [2.45, 2.75) is 121 Å². The summed E-state index contributed by atoms with van der Waals surface area (Å²) in [7, 11) is 0. The van der Waals surface area contributed by atoms with Crippen LogP contribution in [0.5, 0.6) is 0 Å². The highest BCUT2D eigenvalue weighted by Gasteiger charge is 2.39. The molecular weight excluding hydrogens is 376 g/mol. The van der Waals surface area contributed by atoms with Gasteiger partial charge in [0.15, 0.2) is 11.2 Å². The minimum atomic E-state index is -1.15. The van der Waals surface area contributed by atoms with Gasteiger partial charge in [-0.1, -0.05) is 84.0 Å². The summed E-state index contributed by atoms with van der Waals surface area (Å²) in [4.78, 5) is 0. The van der Waals surface area contributed by atoms with Gasteiger partial charge in [-0.3, -0.25) is 0 Å². The van der Waals surface area contributed by atoms with Gasteiger partial charge in [-0.25, -0.2) is 0 Å². The molecule has 5 nitrogen and oxygen atoms in total. The van der Waals surface area contributed by atoms with Gasteiger partial charge in [0.25, 0.3) is 0 Å². The van der Waals surface area contributed by atoms with E-state index in [0.29, 0.717) is 11.5 Å². The minimum absolute atomic E-state index is 0.127. The highest BCUT2D eigenvalue weighted by molar-refractivity contribution is 7.80. The Labute approximate surface area is 176 Å². The monoisotopic (exact) mass is 418 g/mol. The van der Waals surface area contributed by atoms with Gasteiger partial charge in [0, 0.05) is 6.42 Å². The second-order valence-corrected chi connectivity index (χ2v) is 8.51. The predicted molar refractivity (Wildman–Crippen MR) is 117 cm³/mol. The molecule has 0 aromatic carbocycles. The van der Waals surface area contributed by atoms with Crippen molar-refractivity contribution in [1.82, 2.24) is 0 Å². The largest absolute Gasteiger partial charge is 0.479 e. The number of aliphatic hydroxyl groups is 3. The Balaban J connectivity index is 1.93. The summed E-state index contributed by atoms with van der Waals surface area (Å²) >= 11 is 5.25. The lowest BCUT2D eigenvalue weighted by Gasteiger charge is -2.36. The van der Waals surface area contributed by atoms with Crippen molar-refractivity contribution in [1.29, 1.82) is 0 Å². The lowest BCUT2D eigenvalue weighted by molar-refractivity contribution is -0.191. The van der Waals surface area contributed by atoms with Crippen LogP contribution in [0.4, 0.5) is 0 Å². The molecule has 1 heterocycles. The SMILES string of the molecule is CCCCCCCCCCCCCCCC(=S)O[C@@H]1CO[C@@H](CO)[C@H](O)[C@H]1O. The van der Waals surface area contributed by atoms with Gasteiger partial charge < -0.3 is 24.8 Å². The lowest BCUT2D eigenvalue weighted by atomic mass is 10.0. The third-order valence-corrected chi connectivity index (χ3v) is 5.83. The molecule has 1 aliphatic rings. The molecule has 1 saturated heterocycles. The van der Waals surface area contributed by atoms with E-state index in [0.717, 1.165) is 12.8 Å². The summed E-state index contributed by atoms with van der Waals surface area (Å²) in [5.41, 5.74) is 0. The molecule has 1 rings (SSSR count). The molecule has 3 N–H and O–H groups in total. The third kappa shape index (κ3) is 11.1. The second kappa shape index (κ2) is 16.5. The third-order valence-electron chi connectivity index (χ3n) is 5.53. The molecule has 4 atom stereocenters. The Bertz CT molecular complexity index is 393. The van der Waals surface area contributed by atoms with E-state index in [1.165, 1.54) is 70.6 Å². The summed E-state index contributed by atoms with van der Waals surface area (Å²) in [6.45, 7) is 2.06. The van der Waals surface area contributed by atoms with Gasteiger partial charge in [0.05, 0.1) is 13.2 Å². The molecule has 0 spiro atoms. The summed E-state index contributed by atoms with van der Waals surface area (Å²) in [6.07, 6.45) is 14.0. The van der Waals surface area contributed by atoms with Gasteiger partial charge in [-0.05, 0) is 18.6 Å². The first-order chi connectivity index (χ1) is 13.6. The van der Waals surface area contributed by atoms with Crippen LogP contribution in [0.25, 0.3) is 0 Å². The van der Waals surface area contributed by atoms with Crippen LogP contribution in [0.1, 0.15) is 96.8 Å². The van der Waals surface area contributed by atoms with Crippen LogP contribution >= 0.6 is 12.2 Å². The predicted octanol–water partition coefficient (Wildman–Crippen LogP) is 4.29. The van der Waals surface area contributed by atoms with Crippen LogP contribution in [-0.2, 0) is 9.47 Å². The maximum Gasteiger partial charge on any atom is 0.160 e. The average Bonchev–Trinajstić information content (AvgIpc) is 2.69. The fraction of sp³-hybridized carbons (Fsp3) is 0.955. The van der Waals surface area contributed by atoms with E-state index in [1.807, 2.05) is 0 Å². The van der Waals surface area contributed by atoms with E-state index in [-0.39, 0.29) is 13.2 Å². The van der Waals surface area contributed by atoms with Crippen LogP contribution in [0.2, 0.25) is 0 Å². The molecule has 28 heavy (non-hydrogen) atoms. The van der Waals surface area contributed by atoms with Crippen molar-refractivity contribution in [2.24, 2.45) is 0 Å². The van der Waals surface area contributed by atoms with E-state index in [4.69, 9.17) is 26.8 Å². The normalized spacial score (nSPS) is 25.0. The fourth-order valence-electron chi connectivity index (χ4n) is 3.63. The molecule has 0 aromatic heterocycles. The van der Waals surface area contributed by atoms with E-state index in [2.05, 4.69) is 6.92 Å². The van der Waals surface area contributed by atoms with Gasteiger partial charge in [0.1, 0.15) is 18.3 Å². The highest BCUT2D eigenvalue weighted by atomic mass is 32.1. The maximum absolute atomic E-state index is 10.0. The quantitative estimate of drug-likeness (QED) is 0.256. The Morgan fingerprint density at radius 1 is 0.857 bits per heavy atom. The van der Waals surface area contributed by atoms with E-state index >= 15 is 0 Å². The van der Waals surface area contributed by atoms with Crippen molar-refractivity contribution in [3.05, 3.63) is 0 Å². The molecule has 1 aliphatic heterocycles. The van der Waals surface area contributed by atoms with Gasteiger partial charge in [-0.2, -0.15) is 0 Å². The average molecular weight is 419 g/mol. The summed E-state index contributed by atoms with van der Waals surface area (Å²) in [6, 6.07) is 0. The molecule has 0 aliphatic carbocycles. The number of hydrogen-bond acceptors (Lipinski definition) is 6. The fourth-order valence-corrected chi connectivity index (χ4v) is 3.90. The van der Waals surface area contributed by atoms with Crippen LogP contribution in [0, 0.1) is 0 Å². The summed E-state index contributed by atoms with van der Waals surface area (Å²) < 4.78 is 10.9. The lowest BCUT2D eigenvalue weighted by Crippen LogP contribution is -2.55. The number of hydrogen-bond donors (Lipinski definition) is 3. The Hall–Kier alpha value is -0.270. The first kappa shape index (κ1) is 25.8. The number of rotatable bonds is 16. The Morgan fingerprint density at radius 3 is 1.86 bits per heavy atom. The number of thiocarbonyl (C=S) groups is 1. The van der Waals surface area contributed by atoms with Crippen molar-refractivity contribution >= 4 is 17.3 Å². The van der Waals surface area contributed by atoms with Crippen molar-refractivity contribution in [3.63, 3.8) is 0 Å². The van der Waals surface area contributed by atoms with Crippen LogP contribution < -0.4 is 0 Å². The Kier molecular flexibility index (Phi) is 15.2. The standard InChI is InChI=1S/C22H42O5S/c1-2-3-4-5-6-7-8-9-10-11-12-13-14-15-20(28)27-19-17-26-18(16-23)21(24)22(19)25/h18-19,21-25H,2-17H2,1H3/t18-,19+,21-,22-/m0/s1. The van der Waals surface area contributed by atoms with E-state index in [1.54, 1.807) is 0 Å². The topological polar surface area (TPSA) is 79.2 Å². The van der Waals surface area contributed by atoms with Gasteiger partial charge in [0.2, 0.25) is 0 Å². The maximum atomic E-state index is 10.0. The van der Waals surface area contributed by atoms with Gasteiger partial charge in [-0.15, -0.1) is 0 Å². The molecule has 0 amide bonds. The van der Waals surface area contributed by atoms with Crippen LogP contribution in [0.3, 0.4) is 0 Å². The number of unbranched alkanes of at least 4 members (excludes halogenated alkanes) is 12. The molecule has 0 saturated carbocycles. The first-order valence-corrected chi connectivity index (χ1v) is 11.8. The molecule has 0 unspecified atom stereocenters. The molecular formula is C22H42O5S. The van der Waals surface area contributed by atoms with Crippen LogP contribution in [0.15, 0.2) is 0 Å². The molecule has 1 fully saturated rings. The summed E-state index contributed by atoms with van der Waals surface area (Å²) in [5, 5.41) is 29.4. The summed E-state index contributed by atoms with van der Waals surface area (Å²) in [5.74, 6) is 0. The molecule has 166 valence electrons. The van der Waals surface area contributed by atoms with Crippen LogP contribution in [-0.4, -0.2) is 58.0 Å². The van der Waals surface area contributed by atoms with E-state index < -0.39 is 24.4 Å². The number of ether oxygens (including phenoxy) is 2. The zero-order chi connectivity index (χ0) is 20.6. The van der Waals surface area contributed by atoms with E-state index in [9.17, 15) is 10.2 Å². The second-order valence-electron chi connectivity index (χ2n) is 8.06. The van der Waals surface area contributed by atoms with Crippen molar-refractivity contribution in [2.75, 3.05) is 13.2 Å². The number of aliphatic hydroxyl groups excluding tert-OH is 3. The smallest absolute Gasteiger partial charge is 0.160 e. The van der Waals surface area contributed by atoms with Gasteiger partial charge >= 0.3 is 0 Å². The van der Waals surface area contributed by atoms with Crippen molar-refractivity contribution < 1.29 is 24.8 Å². The molecule has 0 bridgehead atoms. The molecule has 0 radical (unpaired) electrons.